The molecule has 0 N–H and O–H groups in total. The average molecular weight is 293 g/mol. The summed E-state index contributed by atoms with van der Waals surface area (Å²) in [7, 11) is 1.77. The Morgan fingerprint density at radius 1 is 1.19 bits per heavy atom. The summed E-state index contributed by atoms with van der Waals surface area (Å²) in [4.78, 5) is 0. The summed E-state index contributed by atoms with van der Waals surface area (Å²) in [6.45, 7) is 5.08. The van der Waals surface area contributed by atoms with Crippen molar-refractivity contribution in [2.24, 2.45) is 5.92 Å². The molecule has 3 heteroatoms. The molecule has 96 valence electrons. The van der Waals surface area contributed by atoms with Crippen LogP contribution in [0.5, 0.6) is 0 Å². The Morgan fingerprint density at radius 2 is 1.81 bits per heavy atom. The lowest BCUT2D eigenvalue weighted by Gasteiger charge is -2.37. The minimum atomic E-state index is 0.0733. The first kappa shape index (κ1) is 14.5. The van der Waals surface area contributed by atoms with Gasteiger partial charge in [-0.2, -0.15) is 0 Å². The fourth-order valence-electron chi connectivity index (χ4n) is 2.30. The van der Waals surface area contributed by atoms with E-state index in [1.54, 1.807) is 7.11 Å². The van der Waals surface area contributed by atoms with E-state index in [0.29, 0.717) is 5.92 Å². The lowest BCUT2D eigenvalue weighted by Crippen LogP contribution is -2.40. The predicted octanol–water partition coefficient (Wildman–Crippen LogP) is 3.77. The maximum atomic E-state index is 6.16. The maximum Gasteiger partial charge on any atom is 0.0827 e. The highest BCUT2D eigenvalue weighted by atomic mass is 79.9. The van der Waals surface area contributed by atoms with Crippen LogP contribution < -0.4 is 0 Å². The predicted molar refractivity (Wildman–Crippen MR) is 71.2 cm³/mol. The molecule has 0 aliphatic heterocycles. The van der Waals surface area contributed by atoms with E-state index in [4.69, 9.17) is 9.47 Å². The van der Waals surface area contributed by atoms with E-state index in [-0.39, 0.29) is 11.7 Å². The minimum absolute atomic E-state index is 0.0733. The van der Waals surface area contributed by atoms with E-state index in [1.807, 2.05) is 0 Å². The van der Waals surface area contributed by atoms with Gasteiger partial charge >= 0.3 is 0 Å². The molecule has 0 bridgehead atoms. The second-order valence-corrected chi connectivity index (χ2v) is 5.77. The minimum Gasteiger partial charge on any atom is -0.379 e. The molecule has 1 aliphatic rings. The molecule has 1 atom stereocenters. The summed E-state index contributed by atoms with van der Waals surface area (Å²) in [5, 5.41) is 0.953. The third kappa shape index (κ3) is 4.01. The second kappa shape index (κ2) is 6.97. The lowest BCUT2D eigenvalue weighted by molar-refractivity contribution is -0.101. The lowest BCUT2D eigenvalue weighted by atomic mass is 9.86. The van der Waals surface area contributed by atoms with E-state index < -0.39 is 0 Å². The Kier molecular flexibility index (Phi) is 6.30. The number of ether oxygens (including phenoxy) is 2. The van der Waals surface area contributed by atoms with E-state index >= 15 is 0 Å². The molecule has 0 radical (unpaired) electrons. The normalized spacial score (nSPS) is 22.3. The molecule has 1 rings (SSSR count). The molecule has 1 saturated carbocycles. The quantitative estimate of drug-likeness (QED) is 0.694. The Balaban J connectivity index is 2.43. The Morgan fingerprint density at radius 3 is 2.25 bits per heavy atom. The second-order valence-electron chi connectivity index (χ2n) is 5.21. The van der Waals surface area contributed by atoms with Crippen LogP contribution in [0, 0.1) is 5.92 Å². The fourth-order valence-corrected chi connectivity index (χ4v) is 3.03. The first-order valence-electron chi connectivity index (χ1n) is 6.36. The van der Waals surface area contributed by atoms with Crippen LogP contribution in [0.1, 0.15) is 46.0 Å². The first-order chi connectivity index (χ1) is 7.63. The van der Waals surface area contributed by atoms with Crippen molar-refractivity contribution in [2.45, 2.75) is 57.7 Å². The Hall–Kier alpha value is 0.400. The van der Waals surface area contributed by atoms with Gasteiger partial charge in [-0.15, -0.1) is 0 Å². The zero-order valence-corrected chi connectivity index (χ0v) is 12.4. The van der Waals surface area contributed by atoms with Gasteiger partial charge in [0, 0.05) is 12.4 Å². The molecule has 1 fully saturated rings. The van der Waals surface area contributed by atoms with Gasteiger partial charge in [-0.1, -0.05) is 49.0 Å². The highest BCUT2D eigenvalue weighted by Crippen LogP contribution is 2.33. The molecule has 1 aliphatic carbocycles. The van der Waals surface area contributed by atoms with Crippen molar-refractivity contribution in [1.82, 2.24) is 0 Å². The van der Waals surface area contributed by atoms with Gasteiger partial charge in [0.15, 0.2) is 0 Å². The van der Waals surface area contributed by atoms with Crippen LogP contribution in [0.3, 0.4) is 0 Å². The average Bonchev–Trinajstić information content (AvgIpc) is 2.30. The van der Waals surface area contributed by atoms with Crippen LogP contribution >= 0.6 is 15.9 Å². The summed E-state index contributed by atoms with van der Waals surface area (Å²) in [5.74, 6) is 0.515. The van der Waals surface area contributed by atoms with Crippen LogP contribution in [0.4, 0.5) is 0 Å². The summed E-state index contributed by atoms with van der Waals surface area (Å²) < 4.78 is 11.6. The smallest absolute Gasteiger partial charge is 0.0827 e. The molecular formula is C13H25BrO2. The monoisotopic (exact) mass is 292 g/mol. The molecule has 0 saturated heterocycles. The van der Waals surface area contributed by atoms with Crippen molar-refractivity contribution in [3.05, 3.63) is 0 Å². The van der Waals surface area contributed by atoms with E-state index in [9.17, 15) is 0 Å². The van der Waals surface area contributed by atoms with Crippen molar-refractivity contribution in [1.29, 1.82) is 0 Å². The van der Waals surface area contributed by atoms with Gasteiger partial charge in [-0.3, -0.25) is 0 Å². The summed E-state index contributed by atoms with van der Waals surface area (Å²) in [5.41, 5.74) is 0.0733. The third-order valence-corrected chi connectivity index (χ3v) is 4.63. The third-order valence-electron chi connectivity index (χ3n) is 3.61. The van der Waals surface area contributed by atoms with Gasteiger partial charge in [0.25, 0.3) is 0 Å². The van der Waals surface area contributed by atoms with Crippen LogP contribution in [0.2, 0.25) is 0 Å². The topological polar surface area (TPSA) is 18.5 Å². The molecular weight excluding hydrogens is 268 g/mol. The number of hydrogen-bond donors (Lipinski definition) is 0. The molecule has 0 aromatic rings. The first-order valence-corrected chi connectivity index (χ1v) is 7.48. The van der Waals surface area contributed by atoms with Crippen LogP contribution in [0.15, 0.2) is 0 Å². The van der Waals surface area contributed by atoms with Crippen molar-refractivity contribution in [2.75, 3.05) is 19.0 Å². The van der Waals surface area contributed by atoms with Gasteiger partial charge in [0.2, 0.25) is 0 Å². The van der Waals surface area contributed by atoms with Crippen LogP contribution in [-0.4, -0.2) is 30.8 Å². The van der Waals surface area contributed by atoms with Crippen molar-refractivity contribution >= 4 is 15.9 Å². The standard InChI is InChI=1S/C13H25BrO2/c1-11(2)12(15-3)9-16-13(10-14)7-5-4-6-8-13/h11-12H,4-10H2,1-3H3. The van der Waals surface area contributed by atoms with Crippen molar-refractivity contribution in [3.63, 3.8) is 0 Å². The Labute approximate surface area is 108 Å². The zero-order valence-electron chi connectivity index (χ0n) is 10.8. The van der Waals surface area contributed by atoms with Crippen LogP contribution in [-0.2, 0) is 9.47 Å². The highest BCUT2D eigenvalue weighted by Gasteiger charge is 2.32. The number of alkyl halides is 1. The molecule has 1 unspecified atom stereocenters. The summed E-state index contributed by atoms with van der Waals surface area (Å²) in [6, 6.07) is 0. The van der Waals surface area contributed by atoms with Gasteiger partial charge in [-0.25, -0.2) is 0 Å². The van der Waals surface area contributed by atoms with E-state index in [0.717, 1.165) is 11.9 Å². The number of rotatable bonds is 6. The summed E-state index contributed by atoms with van der Waals surface area (Å²) >= 11 is 3.61. The Bertz CT molecular complexity index is 188. The van der Waals surface area contributed by atoms with E-state index in [2.05, 4.69) is 29.8 Å². The van der Waals surface area contributed by atoms with Crippen LogP contribution in [0.25, 0.3) is 0 Å². The molecule has 2 nitrogen and oxygen atoms in total. The fraction of sp³-hybridized carbons (Fsp3) is 1.00. The largest absolute Gasteiger partial charge is 0.379 e. The summed E-state index contributed by atoms with van der Waals surface area (Å²) in [6.07, 6.45) is 6.55. The van der Waals surface area contributed by atoms with Gasteiger partial charge < -0.3 is 9.47 Å². The molecule has 0 spiro atoms. The molecule has 0 aromatic heterocycles. The van der Waals surface area contributed by atoms with Gasteiger partial charge in [0.05, 0.1) is 18.3 Å². The van der Waals surface area contributed by atoms with Crippen molar-refractivity contribution < 1.29 is 9.47 Å². The van der Waals surface area contributed by atoms with Gasteiger partial charge in [0.1, 0.15) is 0 Å². The number of methoxy groups -OCH3 is 1. The highest BCUT2D eigenvalue weighted by molar-refractivity contribution is 9.09. The SMILES string of the molecule is COC(COC1(CBr)CCCCC1)C(C)C. The molecule has 0 amide bonds. The van der Waals surface area contributed by atoms with Gasteiger partial charge in [-0.05, 0) is 18.8 Å². The maximum absolute atomic E-state index is 6.16. The molecule has 0 aromatic carbocycles. The molecule has 0 heterocycles. The number of halogens is 1. The number of hydrogen-bond acceptors (Lipinski definition) is 2. The zero-order chi connectivity index (χ0) is 12.0. The van der Waals surface area contributed by atoms with E-state index in [1.165, 1.54) is 32.1 Å². The van der Waals surface area contributed by atoms with Crippen molar-refractivity contribution in [3.8, 4) is 0 Å². The molecule has 16 heavy (non-hydrogen) atoms.